The lowest BCUT2D eigenvalue weighted by molar-refractivity contribution is 0.266. The molecule has 0 N–H and O–H groups in total. The highest BCUT2D eigenvalue weighted by atomic mass is 16.5. The van der Waals surface area contributed by atoms with Crippen LogP contribution in [-0.4, -0.2) is 16.9 Å². The van der Waals surface area contributed by atoms with E-state index in [2.05, 4.69) is 11.2 Å². The fraction of sp³-hybridized carbons (Fsp3) is 0.375. The lowest BCUT2D eigenvalue weighted by Crippen LogP contribution is -2.18. The number of ether oxygens (including phenoxy) is 1. The Labute approximate surface area is 118 Å². The number of benzene rings is 1. The zero-order valence-corrected chi connectivity index (χ0v) is 11.5. The molecule has 4 nitrogen and oxygen atoms in total. The maximum absolute atomic E-state index is 9.22. The maximum Gasteiger partial charge on any atom is 0.119 e. The van der Waals surface area contributed by atoms with Crippen molar-refractivity contribution in [3.05, 3.63) is 36.2 Å². The van der Waals surface area contributed by atoms with Crippen LogP contribution in [0.5, 0.6) is 5.75 Å². The van der Waals surface area contributed by atoms with Crippen molar-refractivity contribution in [2.75, 3.05) is 7.11 Å². The van der Waals surface area contributed by atoms with Crippen molar-refractivity contribution in [3.8, 4) is 22.9 Å². The van der Waals surface area contributed by atoms with Gasteiger partial charge in [0.2, 0.25) is 0 Å². The van der Waals surface area contributed by atoms with Gasteiger partial charge in [-0.15, -0.1) is 0 Å². The van der Waals surface area contributed by atoms with Gasteiger partial charge in [-0.25, -0.2) is 0 Å². The van der Waals surface area contributed by atoms with Crippen molar-refractivity contribution < 1.29 is 4.74 Å². The Bertz CT molecular complexity index is 650. The molecule has 0 aliphatic heterocycles. The summed E-state index contributed by atoms with van der Waals surface area (Å²) in [5.41, 5.74) is 2.50. The number of methoxy groups -OCH3 is 1. The molecule has 3 rings (SSSR count). The molecule has 2 aromatic rings. The summed E-state index contributed by atoms with van der Waals surface area (Å²) >= 11 is 0. The number of hydrogen-bond donors (Lipinski definition) is 0. The third kappa shape index (κ3) is 2.39. The van der Waals surface area contributed by atoms with E-state index in [0.717, 1.165) is 29.3 Å². The van der Waals surface area contributed by atoms with E-state index < -0.39 is 0 Å². The average molecular weight is 267 g/mol. The molecule has 0 spiro atoms. The van der Waals surface area contributed by atoms with E-state index in [1.165, 1.54) is 19.3 Å². The van der Waals surface area contributed by atoms with Crippen LogP contribution in [0.15, 0.2) is 30.6 Å². The second-order valence-corrected chi connectivity index (χ2v) is 5.27. The molecule has 102 valence electrons. The summed E-state index contributed by atoms with van der Waals surface area (Å²) < 4.78 is 7.22. The Morgan fingerprint density at radius 2 is 2.30 bits per heavy atom. The summed E-state index contributed by atoms with van der Waals surface area (Å²) in [5.74, 6) is 1.52. The van der Waals surface area contributed by atoms with Crippen LogP contribution in [0, 0.1) is 17.2 Å². The first-order valence-corrected chi connectivity index (χ1v) is 6.91. The molecule has 0 saturated heterocycles. The van der Waals surface area contributed by atoms with Gasteiger partial charge < -0.3 is 4.74 Å². The van der Waals surface area contributed by atoms with Gasteiger partial charge in [0.25, 0.3) is 0 Å². The third-order valence-corrected chi connectivity index (χ3v) is 3.96. The molecule has 1 heterocycles. The molecule has 4 heteroatoms. The highest BCUT2D eigenvalue weighted by Gasteiger charge is 2.18. The molecule has 0 radical (unpaired) electrons. The van der Waals surface area contributed by atoms with E-state index in [1.807, 2.05) is 23.1 Å². The summed E-state index contributed by atoms with van der Waals surface area (Å²) in [6, 6.07) is 7.71. The van der Waals surface area contributed by atoms with Crippen molar-refractivity contribution >= 4 is 0 Å². The molecule has 1 fully saturated rings. The predicted octanol–water partition coefficient (Wildman–Crippen LogP) is 3.23. The quantitative estimate of drug-likeness (QED) is 0.854. The normalized spacial score (nSPS) is 14.6. The summed E-state index contributed by atoms with van der Waals surface area (Å²) in [6.45, 7) is 0.978. The Morgan fingerprint density at radius 1 is 1.45 bits per heavy atom. The van der Waals surface area contributed by atoms with Gasteiger partial charge in [0.15, 0.2) is 0 Å². The van der Waals surface area contributed by atoms with Crippen molar-refractivity contribution in [1.82, 2.24) is 9.78 Å². The van der Waals surface area contributed by atoms with Gasteiger partial charge >= 0.3 is 0 Å². The monoisotopic (exact) mass is 267 g/mol. The van der Waals surface area contributed by atoms with Crippen LogP contribution in [0.3, 0.4) is 0 Å². The average Bonchev–Trinajstić information content (AvgIpc) is 2.90. The fourth-order valence-electron chi connectivity index (χ4n) is 2.53. The van der Waals surface area contributed by atoms with E-state index in [9.17, 15) is 5.26 Å². The molecule has 0 unspecified atom stereocenters. The first-order chi connectivity index (χ1) is 9.80. The van der Waals surface area contributed by atoms with Crippen LogP contribution in [0.25, 0.3) is 11.1 Å². The minimum atomic E-state index is 0.647. The van der Waals surface area contributed by atoms with Crippen LogP contribution in [-0.2, 0) is 6.54 Å². The van der Waals surface area contributed by atoms with E-state index in [1.54, 1.807) is 19.2 Å². The Kier molecular flexibility index (Phi) is 3.42. The standard InChI is InChI=1S/C16H17N3O/c1-20-15-6-5-13(8-17)16(7-15)14-9-18-19(11-14)10-12-3-2-4-12/h5-7,9,11-12H,2-4,10H2,1H3. The first-order valence-electron chi connectivity index (χ1n) is 6.91. The third-order valence-electron chi connectivity index (χ3n) is 3.96. The number of nitriles is 1. The number of nitrogens with zero attached hydrogens (tertiary/aromatic N) is 3. The van der Waals surface area contributed by atoms with Crippen LogP contribution in [0.1, 0.15) is 24.8 Å². The van der Waals surface area contributed by atoms with Gasteiger partial charge in [0.05, 0.1) is 24.9 Å². The van der Waals surface area contributed by atoms with Crippen LogP contribution in [0.4, 0.5) is 0 Å². The summed E-state index contributed by atoms with van der Waals surface area (Å²) in [6.07, 6.45) is 7.80. The van der Waals surface area contributed by atoms with Crippen molar-refractivity contribution in [1.29, 1.82) is 5.26 Å². The highest BCUT2D eigenvalue weighted by Crippen LogP contribution is 2.30. The molecule has 0 bridgehead atoms. The van der Waals surface area contributed by atoms with Gasteiger partial charge in [-0.05, 0) is 37.0 Å². The predicted molar refractivity (Wildman–Crippen MR) is 76.3 cm³/mol. The maximum atomic E-state index is 9.22. The Morgan fingerprint density at radius 3 is 2.95 bits per heavy atom. The minimum Gasteiger partial charge on any atom is -0.497 e. The largest absolute Gasteiger partial charge is 0.497 e. The van der Waals surface area contributed by atoms with E-state index >= 15 is 0 Å². The zero-order chi connectivity index (χ0) is 13.9. The van der Waals surface area contributed by atoms with Crippen molar-refractivity contribution in [3.63, 3.8) is 0 Å². The minimum absolute atomic E-state index is 0.647. The van der Waals surface area contributed by atoms with Gasteiger partial charge in [0, 0.05) is 23.9 Å². The molecule has 1 aliphatic rings. The van der Waals surface area contributed by atoms with Gasteiger partial charge in [-0.1, -0.05) is 6.42 Å². The second-order valence-electron chi connectivity index (χ2n) is 5.27. The number of rotatable bonds is 4. The van der Waals surface area contributed by atoms with Crippen molar-refractivity contribution in [2.45, 2.75) is 25.8 Å². The molecule has 0 amide bonds. The molecule has 20 heavy (non-hydrogen) atoms. The van der Waals surface area contributed by atoms with E-state index in [0.29, 0.717) is 5.56 Å². The van der Waals surface area contributed by atoms with Crippen LogP contribution in [0.2, 0.25) is 0 Å². The first kappa shape index (κ1) is 12.7. The molecular formula is C16H17N3O. The summed E-state index contributed by atoms with van der Waals surface area (Å²) in [4.78, 5) is 0. The Balaban J connectivity index is 1.89. The molecule has 0 atom stereocenters. The molecule has 1 aromatic carbocycles. The lowest BCUT2D eigenvalue weighted by Gasteiger charge is -2.24. The molecular weight excluding hydrogens is 250 g/mol. The van der Waals surface area contributed by atoms with Gasteiger partial charge in [-0.3, -0.25) is 4.68 Å². The van der Waals surface area contributed by atoms with Crippen molar-refractivity contribution in [2.24, 2.45) is 5.92 Å². The smallest absolute Gasteiger partial charge is 0.119 e. The number of aromatic nitrogens is 2. The molecule has 1 aromatic heterocycles. The summed E-state index contributed by atoms with van der Waals surface area (Å²) in [7, 11) is 1.63. The van der Waals surface area contributed by atoms with Gasteiger partial charge in [0.1, 0.15) is 5.75 Å². The lowest BCUT2D eigenvalue weighted by atomic mass is 9.85. The molecule has 1 aliphatic carbocycles. The Hall–Kier alpha value is -2.28. The SMILES string of the molecule is COc1ccc(C#N)c(-c2cnn(CC3CCC3)c2)c1. The van der Waals surface area contributed by atoms with Gasteiger partial charge in [-0.2, -0.15) is 10.4 Å². The van der Waals surface area contributed by atoms with E-state index in [-0.39, 0.29) is 0 Å². The van der Waals surface area contributed by atoms with Crippen LogP contribution >= 0.6 is 0 Å². The van der Waals surface area contributed by atoms with Crippen LogP contribution < -0.4 is 4.74 Å². The topological polar surface area (TPSA) is 50.8 Å². The summed E-state index contributed by atoms with van der Waals surface area (Å²) in [5, 5.41) is 13.6. The highest BCUT2D eigenvalue weighted by molar-refractivity contribution is 5.71. The second kappa shape index (κ2) is 5.38. The van der Waals surface area contributed by atoms with E-state index in [4.69, 9.17) is 4.74 Å². The zero-order valence-electron chi connectivity index (χ0n) is 11.5. The fourth-order valence-corrected chi connectivity index (χ4v) is 2.53. The number of hydrogen-bond acceptors (Lipinski definition) is 3. The molecule has 1 saturated carbocycles.